The van der Waals surface area contributed by atoms with E-state index in [-0.39, 0.29) is 17.4 Å². The van der Waals surface area contributed by atoms with E-state index >= 15 is 0 Å². The van der Waals surface area contributed by atoms with Gasteiger partial charge in [-0.1, -0.05) is 49.6 Å². The molecule has 1 aliphatic carbocycles. The maximum atomic E-state index is 12.6. The number of amides is 1. The highest BCUT2D eigenvalue weighted by molar-refractivity contribution is 5.80. The minimum Gasteiger partial charge on any atom is -0.369 e. The zero-order chi connectivity index (χ0) is 19.3. The summed E-state index contributed by atoms with van der Waals surface area (Å²) in [4.78, 5) is 27.2. The van der Waals surface area contributed by atoms with Gasteiger partial charge in [-0.25, -0.2) is 4.68 Å². The first-order chi connectivity index (χ1) is 13.7. The van der Waals surface area contributed by atoms with Crippen LogP contribution in [-0.2, 0) is 11.3 Å². The molecule has 0 spiro atoms. The highest BCUT2D eigenvalue weighted by Gasteiger charge is 2.30. The molecule has 6 heteroatoms. The first-order valence-electron chi connectivity index (χ1n) is 10.4. The number of rotatable bonds is 5. The third-order valence-corrected chi connectivity index (χ3v) is 5.91. The molecule has 28 heavy (non-hydrogen) atoms. The summed E-state index contributed by atoms with van der Waals surface area (Å²) in [5.74, 6) is 0.161. The van der Waals surface area contributed by atoms with Crippen LogP contribution in [0.3, 0.4) is 0 Å². The van der Waals surface area contributed by atoms with Crippen LogP contribution in [0.4, 0.5) is 5.69 Å². The van der Waals surface area contributed by atoms with Gasteiger partial charge in [0.15, 0.2) is 0 Å². The largest absolute Gasteiger partial charge is 0.369 e. The van der Waals surface area contributed by atoms with Crippen molar-refractivity contribution in [2.45, 2.75) is 51.1 Å². The summed E-state index contributed by atoms with van der Waals surface area (Å²) in [5, 5.41) is 7.58. The second kappa shape index (κ2) is 8.59. The van der Waals surface area contributed by atoms with Gasteiger partial charge < -0.3 is 10.2 Å². The Kier molecular flexibility index (Phi) is 5.74. The third-order valence-electron chi connectivity index (χ3n) is 5.91. The van der Waals surface area contributed by atoms with Crippen LogP contribution in [0.5, 0.6) is 0 Å². The number of anilines is 1. The molecule has 2 heterocycles. The molecule has 0 radical (unpaired) electrons. The van der Waals surface area contributed by atoms with E-state index in [1.165, 1.54) is 23.9 Å². The molecule has 1 amide bonds. The molecular formula is C22H28N4O2. The Morgan fingerprint density at radius 2 is 1.89 bits per heavy atom. The average molecular weight is 380 g/mol. The summed E-state index contributed by atoms with van der Waals surface area (Å²) < 4.78 is 1.47. The maximum absolute atomic E-state index is 12.6. The summed E-state index contributed by atoms with van der Waals surface area (Å²) in [6.45, 7) is 1.90. The molecule has 2 fully saturated rings. The fraction of sp³-hybridized carbons (Fsp3) is 0.500. The van der Waals surface area contributed by atoms with E-state index in [0.29, 0.717) is 19.1 Å². The van der Waals surface area contributed by atoms with E-state index in [4.69, 9.17) is 0 Å². The van der Waals surface area contributed by atoms with Gasteiger partial charge in [0.2, 0.25) is 5.91 Å². The average Bonchev–Trinajstić information content (AvgIpc) is 3.22. The lowest BCUT2D eigenvalue weighted by Gasteiger charge is -2.24. The highest BCUT2D eigenvalue weighted by atomic mass is 16.2. The minimum absolute atomic E-state index is 0.00585. The Bertz CT molecular complexity index is 858. The smallest absolute Gasteiger partial charge is 0.269 e. The van der Waals surface area contributed by atoms with E-state index in [1.54, 1.807) is 12.3 Å². The number of nitrogens with one attached hydrogen (secondary N) is 1. The molecule has 1 saturated heterocycles. The topological polar surface area (TPSA) is 67.2 Å². The van der Waals surface area contributed by atoms with E-state index < -0.39 is 0 Å². The molecule has 1 atom stereocenters. The van der Waals surface area contributed by atoms with Gasteiger partial charge in [-0.05, 0) is 24.8 Å². The number of carbonyl (C=O) groups excluding carboxylic acids is 1. The normalized spacial score (nSPS) is 20.3. The lowest BCUT2D eigenvalue weighted by atomic mass is 9.95. The molecule has 1 aromatic carbocycles. The van der Waals surface area contributed by atoms with Gasteiger partial charge in [-0.2, -0.15) is 5.10 Å². The number of aromatic nitrogens is 2. The summed E-state index contributed by atoms with van der Waals surface area (Å²) in [5.41, 5.74) is 1.74. The second-order valence-electron chi connectivity index (χ2n) is 7.97. The van der Waals surface area contributed by atoms with Crippen molar-refractivity contribution in [3.8, 4) is 0 Å². The van der Waals surface area contributed by atoms with E-state index in [2.05, 4.69) is 15.3 Å². The molecule has 1 saturated carbocycles. The molecule has 2 aliphatic rings. The van der Waals surface area contributed by atoms with Crippen LogP contribution in [0, 0.1) is 5.92 Å². The lowest BCUT2D eigenvalue weighted by Crippen LogP contribution is -2.40. The fourth-order valence-corrected chi connectivity index (χ4v) is 4.25. The van der Waals surface area contributed by atoms with Crippen molar-refractivity contribution in [2.75, 3.05) is 18.0 Å². The van der Waals surface area contributed by atoms with Gasteiger partial charge in [-0.15, -0.1) is 0 Å². The number of nitrogens with zero attached hydrogens (tertiary/aromatic N) is 3. The SMILES string of the molecule is O=C(NC1CCCCC1)C1CCN(c2cnn(Cc3ccccc3)c(=O)c2)C1. The minimum atomic E-state index is -0.114. The highest BCUT2D eigenvalue weighted by Crippen LogP contribution is 2.24. The molecule has 1 N–H and O–H groups in total. The van der Waals surface area contributed by atoms with Crippen LogP contribution in [0.15, 0.2) is 47.4 Å². The monoisotopic (exact) mass is 380 g/mol. The first kappa shape index (κ1) is 18.7. The molecule has 2 aromatic rings. The van der Waals surface area contributed by atoms with Crippen LogP contribution >= 0.6 is 0 Å². The van der Waals surface area contributed by atoms with Gasteiger partial charge in [0.05, 0.1) is 24.3 Å². The quantitative estimate of drug-likeness (QED) is 0.866. The molecule has 1 aliphatic heterocycles. The van der Waals surface area contributed by atoms with Crippen molar-refractivity contribution in [3.63, 3.8) is 0 Å². The van der Waals surface area contributed by atoms with Crippen molar-refractivity contribution in [1.29, 1.82) is 0 Å². The van der Waals surface area contributed by atoms with Crippen molar-refractivity contribution in [1.82, 2.24) is 15.1 Å². The van der Waals surface area contributed by atoms with Gasteiger partial charge in [0.1, 0.15) is 0 Å². The van der Waals surface area contributed by atoms with E-state index in [9.17, 15) is 9.59 Å². The third kappa shape index (κ3) is 4.43. The summed E-state index contributed by atoms with van der Waals surface area (Å²) in [6, 6.07) is 11.8. The van der Waals surface area contributed by atoms with E-state index in [1.807, 2.05) is 30.3 Å². The molecular weight excluding hydrogens is 352 g/mol. The zero-order valence-electron chi connectivity index (χ0n) is 16.2. The van der Waals surface area contributed by atoms with Gasteiger partial charge in [0, 0.05) is 25.2 Å². The lowest BCUT2D eigenvalue weighted by molar-refractivity contribution is -0.125. The predicted octanol–water partition coefficient (Wildman–Crippen LogP) is 2.57. The Morgan fingerprint density at radius 3 is 2.64 bits per heavy atom. The van der Waals surface area contributed by atoms with Crippen molar-refractivity contribution < 1.29 is 4.79 Å². The second-order valence-corrected chi connectivity index (χ2v) is 7.97. The van der Waals surface area contributed by atoms with Crippen molar-refractivity contribution in [3.05, 3.63) is 58.5 Å². The number of carbonyl (C=O) groups is 1. The van der Waals surface area contributed by atoms with Crippen LogP contribution in [-0.4, -0.2) is 34.8 Å². The molecule has 4 rings (SSSR count). The Morgan fingerprint density at radius 1 is 1.11 bits per heavy atom. The van der Waals surface area contributed by atoms with Crippen LogP contribution < -0.4 is 15.8 Å². The van der Waals surface area contributed by atoms with Gasteiger partial charge >= 0.3 is 0 Å². The van der Waals surface area contributed by atoms with Crippen LogP contribution in [0.25, 0.3) is 0 Å². The fourth-order valence-electron chi connectivity index (χ4n) is 4.25. The van der Waals surface area contributed by atoms with Crippen molar-refractivity contribution >= 4 is 11.6 Å². The number of hydrogen-bond acceptors (Lipinski definition) is 4. The first-order valence-corrected chi connectivity index (χ1v) is 10.4. The van der Waals surface area contributed by atoms with Gasteiger partial charge in [0.25, 0.3) is 5.56 Å². The molecule has 6 nitrogen and oxygen atoms in total. The molecule has 0 bridgehead atoms. The Hall–Kier alpha value is -2.63. The molecule has 148 valence electrons. The Balaban J connectivity index is 1.36. The number of benzene rings is 1. The predicted molar refractivity (Wildman–Crippen MR) is 109 cm³/mol. The Labute approximate surface area is 165 Å². The summed E-state index contributed by atoms with van der Waals surface area (Å²) in [6.07, 6.45) is 8.49. The molecule has 1 unspecified atom stereocenters. The van der Waals surface area contributed by atoms with Crippen LogP contribution in [0.2, 0.25) is 0 Å². The standard InChI is InChI=1S/C22H28N4O2/c27-21-13-20(14-23-26(21)15-17-7-3-1-4-8-17)25-12-11-18(16-25)22(28)24-19-9-5-2-6-10-19/h1,3-4,7-8,13-14,18-19H,2,5-6,9-12,15-16H2,(H,24,28). The molecule has 1 aromatic heterocycles. The van der Waals surface area contributed by atoms with Gasteiger partial charge in [-0.3, -0.25) is 9.59 Å². The van der Waals surface area contributed by atoms with Crippen LogP contribution in [0.1, 0.15) is 44.1 Å². The maximum Gasteiger partial charge on any atom is 0.269 e. The van der Waals surface area contributed by atoms with Crippen molar-refractivity contribution in [2.24, 2.45) is 5.92 Å². The summed E-state index contributed by atoms with van der Waals surface area (Å²) in [7, 11) is 0. The zero-order valence-corrected chi connectivity index (χ0v) is 16.2. The summed E-state index contributed by atoms with van der Waals surface area (Å²) >= 11 is 0. The number of hydrogen-bond donors (Lipinski definition) is 1. The van der Waals surface area contributed by atoms with E-state index in [0.717, 1.165) is 37.1 Å².